The fourth-order valence-corrected chi connectivity index (χ4v) is 1.81. The summed E-state index contributed by atoms with van der Waals surface area (Å²) in [6.07, 6.45) is 1.43. The van der Waals surface area contributed by atoms with Gasteiger partial charge in [-0.15, -0.1) is 0 Å². The first-order chi connectivity index (χ1) is 8.43. The van der Waals surface area contributed by atoms with E-state index >= 15 is 0 Å². The van der Waals surface area contributed by atoms with E-state index < -0.39 is 5.97 Å². The second-order valence-electron chi connectivity index (χ2n) is 4.61. The number of carboxylic acids is 1. The summed E-state index contributed by atoms with van der Waals surface area (Å²) >= 11 is 0. The van der Waals surface area contributed by atoms with Crippen molar-refractivity contribution < 1.29 is 9.90 Å². The number of carboxylic acid groups (broad SMARTS) is 1. The Morgan fingerprint density at radius 1 is 1.39 bits per heavy atom. The summed E-state index contributed by atoms with van der Waals surface area (Å²) in [5, 5.41) is 12.4. The molecule has 100 valence electrons. The van der Waals surface area contributed by atoms with Crippen molar-refractivity contribution in [3.63, 3.8) is 0 Å². The molecule has 1 rings (SSSR count). The smallest absolute Gasteiger partial charge is 0.336 e. The van der Waals surface area contributed by atoms with Crippen LogP contribution >= 0.6 is 0 Å². The molecular formula is C13H21N3O2. The Bertz CT molecular complexity index is 430. The van der Waals surface area contributed by atoms with E-state index in [9.17, 15) is 4.79 Å². The lowest BCUT2D eigenvalue weighted by Crippen LogP contribution is -2.24. The molecule has 0 aliphatic heterocycles. The molecule has 0 amide bonds. The highest BCUT2D eigenvalue weighted by atomic mass is 16.4. The highest BCUT2D eigenvalue weighted by Gasteiger charge is 2.14. The molecule has 0 heterocycles. The molecule has 0 saturated heterocycles. The van der Waals surface area contributed by atoms with Crippen molar-refractivity contribution in [3.8, 4) is 0 Å². The minimum atomic E-state index is -0.964. The Kier molecular flexibility index (Phi) is 4.97. The Morgan fingerprint density at radius 3 is 2.61 bits per heavy atom. The average molecular weight is 251 g/mol. The summed E-state index contributed by atoms with van der Waals surface area (Å²) in [6.45, 7) is 4.96. The van der Waals surface area contributed by atoms with Gasteiger partial charge in [-0.3, -0.25) is 0 Å². The maximum Gasteiger partial charge on any atom is 0.336 e. The lowest BCUT2D eigenvalue weighted by atomic mass is 9.99. The molecule has 18 heavy (non-hydrogen) atoms. The van der Waals surface area contributed by atoms with E-state index in [2.05, 4.69) is 19.2 Å². The van der Waals surface area contributed by atoms with Crippen LogP contribution < -0.4 is 16.8 Å². The fraction of sp³-hybridized carbons (Fsp3) is 0.462. The molecule has 1 aromatic rings. The van der Waals surface area contributed by atoms with Crippen molar-refractivity contribution in [2.45, 2.75) is 32.7 Å². The summed E-state index contributed by atoms with van der Waals surface area (Å²) in [5.41, 5.74) is 13.3. The van der Waals surface area contributed by atoms with Gasteiger partial charge in [0.2, 0.25) is 0 Å². The molecule has 0 aromatic heterocycles. The Labute approximate surface area is 107 Å². The number of hydrogen-bond acceptors (Lipinski definition) is 4. The number of nitrogen functional groups attached to an aromatic ring is 2. The molecule has 0 radical (unpaired) electrons. The maximum atomic E-state index is 11.1. The molecule has 0 fully saturated rings. The van der Waals surface area contributed by atoms with Gasteiger partial charge in [-0.1, -0.05) is 13.8 Å². The van der Waals surface area contributed by atoms with Gasteiger partial charge in [0.25, 0.3) is 0 Å². The van der Waals surface area contributed by atoms with Gasteiger partial charge >= 0.3 is 5.97 Å². The van der Waals surface area contributed by atoms with Crippen molar-refractivity contribution in [2.75, 3.05) is 18.0 Å². The summed E-state index contributed by atoms with van der Waals surface area (Å²) in [4.78, 5) is 11.1. The summed E-state index contributed by atoms with van der Waals surface area (Å²) in [6, 6.07) is 3.47. The van der Waals surface area contributed by atoms with Crippen LogP contribution in [0, 0.1) is 0 Å². The van der Waals surface area contributed by atoms with Crippen molar-refractivity contribution in [1.29, 1.82) is 0 Å². The zero-order valence-electron chi connectivity index (χ0n) is 10.9. The van der Waals surface area contributed by atoms with Gasteiger partial charge in [0.1, 0.15) is 0 Å². The highest BCUT2D eigenvalue weighted by Crippen LogP contribution is 2.25. The quantitative estimate of drug-likeness (QED) is 0.453. The second kappa shape index (κ2) is 6.26. The van der Waals surface area contributed by atoms with Gasteiger partial charge < -0.3 is 21.9 Å². The lowest BCUT2D eigenvalue weighted by molar-refractivity contribution is 0.0695. The number of nitrogens with one attached hydrogen (secondary N) is 1. The molecule has 1 aromatic carbocycles. The van der Waals surface area contributed by atoms with E-state index in [1.54, 1.807) is 0 Å². The second-order valence-corrected chi connectivity index (χ2v) is 4.61. The summed E-state index contributed by atoms with van der Waals surface area (Å²) in [7, 11) is 0. The van der Waals surface area contributed by atoms with Crippen LogP contribution in [-0.4, -0.2) is 23.7 Å². The average Bonchev–Trinajstić information content (AvgIpc) is 2.29. The predicted octanol–water partition coefficient (Wildman–Crippen LogP) is 1.48. The molecule has 5 heteroatoms. The molecule has 0 aliphatic rings. The monoisotopic (exact) mass is 251 g/mol. The van der Waals surface area contributed by atoms with Crippen LogP contribution in [-0.2, 0) is 6.42 Å². The SMILES string of the molecule is CC(C)NCCCc1c(C(=O)O)ccc(N)c1N. The van der Waals surface area contributed by atoms with E-state index in [-0.39, 0.29) is 5.56 Å². The van der Waals surface area contributed by atoms with Crippen molar-refractivity contribution in [1.82, 2.24) is 5.32 Å². The van der Waals surface area contributed by atoms with Gasteiger partial charge in [-0.05, 0) is 37.1 Å². The van der Waals surface area contributed by atoms with Gasteiger partial charge in [0.15, 0.2) is 0 Å². The molecule has 5 nitrogen and oxygen atoms in total. The molecule has 0 bridgehead atoms. The number of aromatic carboxylic acids is 1. The van der Waals surface area contributed by atoms with Crippen LogP contribution in [0.25, 0.3) is 0 Å². The van der Waals surface area contributed by atoms with Crippen LogP contribution in [0.3, 0.4) is 0 Å². The predicted molar refractivity (Wildman–Crippen MR) is 73.7 cm³/mol. The van der Waals surface area contributed by atoms with Crippen LogP contribution in [0.4, 0.5) is 11.4 Å². The lowest BCUT2D eigenvalue weighted by Gasteiger charge is -2.13. The molecule has 0 aliphatic carbocycles. The number of hydrogen-bond donors (Lipinski definition) is 4. The number of anilines is 2. The molecule has 0 saturated carbocycles. The number of carbonyl (C=O) groups is 1. The zero-order chi connectivity index (χ0) is 13.7. The number of nitrogens with two attached hydrogens (primary N) is 2. The molecule has 0 atom stereocenters. The van der Waals surface area contributed by atoms with Crippen LogP contribution in [0.2, 0.25) is 0 Å². The summed E-state index contributed by atoms with van der Waals surface area (Å²) < 4.78 is 0. The molecule has 6 N–H and O–H groups in total. The maximum absolute atomic E-state index is 11.1. The molecule has 0 unspecified atom stereocenters. The van der Waals surface area contributed by atoms with E-state index in [1.165, 1.54) is 12.1 Å². The van der Waals surface area contributed by atoms with Gasteiger partial charge in [0.05, 0.1) is 16.9 Å². The topological polar surface area (TPSA) is 101 Å². The Balaban J connectivity index is 2.79. The van der Waals surface area contributed by atoms with Crippen LogP contribution in [0.5, 0.6) is 0 Å². The van der Waals surface area contributed by atoms with E-state index in [4.69, 9.17) is 16.6 Å². The normalized spacial score (nSPS) is 10.8. The van der Waals surface area contributed by atoms with Crippen molar-refractivity contribution >= 4 is 17.3 Å². The van der Waals surface area contributed by atoms with E-state index in [0.717, 1.165) is 13.0 Å². The first-order valence-electron chi connectivity index (χ1n) is 6.07. The Hall–Kier alpha value is -1.75. The standard InChI is InChI=1S/C13H21N3O2/c1-8(2)16-7-3-4-9-10(13(17)18)5-6-11(14)12(9)15/h5-6,8,16H,3-4,7,14-15H2,1-2H3,(H,17,18). The largest absolute Gasteiger partial charge is 0.478 e. The Morgan fingerprint density at radius 2 is 2.06 bits per heavy atom. The summed E-state index contributed by atoms with van der Waals surface area (Å²) in [5.74, 6) is -0.964. The molecule has 0 spiro atoms. The number of rotatable bonds is 6. The highest BCUT2D eigenvalue weighted by molar-refractivity contribution is 5.93. The van der Waals surface area contributed by atoms with Crippen molar-refractivity contribution in [3.05, 3.63) is 23.3 Å². The van der Waals surface area contributed by atoms with Gasteiger partial charge in [-0.25, -0.2) is 4.79 Å². The third kappa shape index (κ3) is 3.63. The first kappa shape index (κ1) is 14.3. The van der Waals surface area contributed by atoms with Crippen molar-refractivity contribution in [2.24, 2.45) is 0 Å². The van der Waals surface area contributed by atoms with E-state index in [1.807, 2.05) is 0 Å². The van der Waals surface area contributed by atoms with Crippen LogP contribution in [0.15, 0.2) is 12.1 Å². The first-order valence-corrected chi connectivity index (χ1v) is 6.07. The third-order valence-corrected chi connectivity index (χ3v) is 2.78. The zero-order valence-corrected chi connectivity index (χ0v) is 10.9. The van der Waals surface area contributed by atoms with Gasteiger partial charge in [0, 0.05) is 6.04 Å². The minimum absolute atomic E-state index is 0.242. The van der Waals surface area contributed by atoms with E-state index in [0.29, 0.717) is 29.4 Å². The fourth-order valence-electron chi connectivity index (χ4n) is 1.81. The van der Waals surface area contributed by atoms with Gasteiger partial charge in [-0.2, -0.15) is 0 Å². The number of benzene rings is 1. The van der Waals surface area contributed by atoms with Crippen LogP contribution in [0.1, 0.15) is 36.2 Å². The minimum Gasteiger partial charge on any atom is -0.478 e. The molecular weight excluding hydrogens is 230 g/mol. The third-order valence-electron chi connectivity index (χ3n) is 2.78.